The van der Waals surface area contributed by atoms with Gasteiger partial charge >= 0.3 is 0 Å². The minimum Gasteiger partial charge on any atom is -0.456 e. The van der Waals surface area contributed by atoms with Crippen molar-refractivity contribution < 1.29 is 4.74 Å². The maximum Gasteiger partial charge on any atom is 0.141 e. The maximum absolute atomic E-state index is 8.90. The lowest BCUT2D eigenvalue weighted by Gasteiger charge is -2.17. The summed E-state index contributed by atoms with van der Waals surface area (Å²) in [5.41, 5.74) is 9.40. The zero-order valence-corrected chi connectivity index (χ0v) is 13.9. The van der Waals surface area contributed by atoms with Crippen molar-refractivity contribution in [2.24, 2.45) is 0 Å². The Balaban J connectivity index is 2.44. The molecule has 0 radical (unpaired) electrons. The molecule has 0 amide bonds. The standard InChI is InChI=1S/C17H17BrN2O/c1-10(2)13-8-15(20)11(3)6-17(13)21-16-5-4-12(9-19)7-14(16)18/h4-8,10H,20H2,1-3H3. The number of ether oxygens (including phenoxy) is 1. The number of nitrogens with zero attached hydrogens (tertiary/aromatic N) is 1. The fourth-order valence-corrected chi connectivity index (χ4v) is 2.49. The Kier molecular flexibility index (Phi) is 4.54. The summed E-state index contributed by atoms with van der Waals surface area (Å²) < 4.78 is 6.78. The molecule has 0 aromatic heterocycles. The van der Waals surface area contributed by atoms with Crippen LogP contribution in [0.4, 0.5) is 5.69 Å². The van der Waals surface area contributed by atoms with Gasteiger partial charge in [-0.1, -0.05) is 13.8 Å². The molecule has 0 unspecified atom stereocenters. The Morgan fingerprint density at radius 1 is 1.19 bits per heavy atom. The van der Waals surface area contributed by atoms with Crippen LogP contribution in [0.15, 0.2) is 34.8 Å². The first-order chi connectivity index (χ1) is 9.92. The molecule has 3 nitrogen and oxygen atoms in total. The molecule has 0 saturated heterocycles. The van der Waals surface area contributed by atoms with Crippen molar-refractivity contribution in [1.82, 2.24) is 0 Å². The van der Waals surface area contributed by atoms with Crippen molar-refractivity contribution in [1.29, 1.82) is 5.26 Å². The van der Waals surface area contributed by atoms with Gasteiger partial charge in [-0.25, -0.2) is 0 Å². The number of hydrogen-bond donors (Lipinski definition) is 1. The van der Waals surface area contributed by atoms with E-state index in [1.807, 2.05) is 19.1 Å². The van der Waals surface area contributed by atoms with E-state index in [4.69, 9.17) is 15.7 Å². The molecule has 0 fully saturated rings. The molecular weight excluding hydrogens is 328 g/mol. The largest absolute Gasteiger partial charge is 0.456 e. The highest BCUT2D eigenvalue weighted by atomic mass is 79.9. The van der Waals surface area contributed by atoms with Crippen LogP contribution in [0.2, 0.25) is 0 Å². The molecule has 2 aromatic carbocycles. The fourth-order valence-electron chi connectivity index (χ4n) is 2.03. The van der Waals surface area contributed by atoms with Crippen LogP contribution in [0.5, 0.6) is 11.5 Å². The van der Waals surface area contributed by atoms with E-state index in [1.54, 1.807) is 18.2 Å². The van der Waals surface area contributed by atoms with Crippen molar-refractivity contribution in [3.05, 3.63) is 51.5 Å². The molecule has 4 heteroatoms. The van der Waals surface area contributed by atoms with Crippen molar-refractivity contribution >= 4 is 21.6 Å². The van der Waals surface area contributed by atoms with Crippen LogP contribution in [0, 0.1) is 18.3 Å². The van der Waals surface area contributed by atoms with Crippen LogP contribution in [0.1, 0.15) is 36.5 Å². The van der Waals surface area contributed by atoms with Gasteiger partial charge in [0.05, 0.1) is 16.1 Å². The van der Waals surface area contributed by atoms with E-state index in [1.165, 1.54) is 0 Å². The molecule has 0 saturated carbocycles. The number of hydrogen-bond acceptors (Lipinski definition) is 3. The third-order valence-corrected chi connectivity index (χ3v) is 3.92. The minimum atomic E-state index is 0.306. The summed E-state index contributed by atoms with van der Waals surface area (Å²) in [6, 6.07) is 11.3. The van der Waals surface area contributed by atoms with Gasteiger partial charge in [-0.2, -0.15) is 5.26 Å². The summed E-state index contributed by atoms with van der Waals surface area (Å²) in [4.78, 5) is 0. The summed E-state index contributed by atoms with van der Waals surface area (Å²) in [7, 11) is 0. The second-order valence-electron chi connectivity index (χ2n) is 5.26. The molecular formula is C17H17BrN2O. The van der Waals surface area contributed by atoms with Crippen molar-refractivity contribution in [2.45, 2.75) is 26.7 Å². The summed E-state index contributed by atoms with van der Waals surface area (Å²) in [6.45, 7) is 6.16. The number of nitrogen functional groups attached to an aromatic ring is 1. The molecule has 0 aliphatic carbocycles. The Bertz CT molecular complexity index is 717. The number of anilines is 1. The lowest BCUT2D eigenvalue weighted by molar-refractivity contribution is 0.470. The molecule has 21 heavy (non-hydrogen) atoms. The zero-order valence-electron chi connectivity index (χ0n) is 12.3. The van der Waals surface area contributed by atoms with E-state index in [0.717, 1.165) is 27.0 Å². The number of nitriles is 1. The topological polar surface area (TPSA) is 59.0 Å². The van der Waals surface area contributed by atoms with Gasteiger partial charge in [0.25, 0.3) is 0 Å². The maximum atomic E-state index is 8.90. The highest BCUT2D eigenvalue weighted by Crippen LogP contribution is 2.36. The lowest BCUT2D eigenvalue weighted by atomic mass is 9.99. The average molecular weight is 345 g/mol. The fraction of sp³-hybridized carbons (Fsp3) is 0.235. The van der Waals surface area contributed by atoms with Gasteiger partial charge in [0.2, 0.25) is 0 Å². The molecule has 0 heterocycles. The first kappa shape index (κ1) is 15.4. The summed E-state index contributed by atoms with van der Waals surface area (Å²) in [5.74, 6) is 1.78. The summed E-state index contributed by atoms with van der Waals surface area (Å²) in [5, 5.41) is 8.90. The van der Waals surface area contributed by atoms with Gasteiger partial charge in [0.1, 0.15) is 11.5 Å². The van der Waals surface area contributed by atoms with Crippen molar-refractivity contribution in [2.75, 3.05) is 5.73 Å². The van der Waals surface area contributed by atoms with E-state index in [-0.39, 0.29) is 0 Å². The quantitative estimate of drug-likeness (QED) is 0.785. The molecule has 0 aliphatic rings. The molecule has 0 aliphatic heterocycles. The highest BCUT2D eigenvalue weighted by Gasteiger charge is 2.13. The molecule has 108 valence electrons. The highest BCUT2D eigenvalue weighted by molar-refractivity contribution is 9.10. The van der Waals surface area contributed by atoms with Crippen LogP contribution in [-0.4, -0.2) is 0 Å². The zero-order chi connectivity index (χ0) is 15.6. The van der Waals surface area contributed by atoms with Gasteiger partial charge in [-0.15, -0.1) is 0 Å². The number of aryl methyl sites for hydroxylation is 1. The number of benzene rings is 2. The molecule has 2 aromatic rings. The predicted molar refractivity (Wildman–Crippen MR) is 88.6 cm³/mol. The van der Waals surface area contributed by atoms with Crippen LogP contribution in [-0.2, 0) is 0 Å². The van der Waals surface area contributed by atoms with Gasteiger partial charge in [-0.3, -0.25) is 0 Å². The third kappa shape index (κ3) is 3.37. The van der Waals surface area contributed by atoms with E-state index >= 15 is 0 Å². The number of nitrogens with two attached hydrogens (primary N) is 1. The number of halogens is 1. The average Bonchev–Trinajstić information content (AvgIpc) is 2.44. The van der Waals surface area contributed by atoms with Crippen molar-refractivity contribution in [3.8, 4) is 17.6 Å². The first-order valence-electron chi connectivity index (χ1n) is 6.70. The van der Waals surface area contributed by atoms with Crippen LogP contribution in [0.25, 0.3) is 0 Å². The number of rotatable bonds is 3. The van der Waals surface area contributed by atoms with Crippen LogP contribution < -0.4 is 10.5 Å². The predicted octanol–water partition coefficient (Wildman–Crippen LogP) is 5.13. The SMILES string of the molecule is Cc1cc(Oc2ccc(C#N)cc2Br)c(C(C)C)cc1N. The van der Waals surface area contributed by atoms with E-state index in [2.05, 4.69) is 35.8 Å². The normalized spacial score (nSPS) is 10.5. The van der Waals surface area contributed by atoms with Crippen LogP contribution >= 0.6 is 15.9 Å². The van der Waals surface area contributed by atoms with E-state index < -0.39 is 0 Å². The van der Waals surface area contributed by atoms with Gasteiger partial charge in [-0.05, 0) is 70.2 Å². The molecule has 0 atom stereocenters. The minimum absolute atomic E-state index is 0.306. The monoisotopic (exact) mass is 344 g/mol. The van der Waals surface area contributed by atoms with Gasteiger partial charge < -0.3 is 10.5 Å². The Morgan fingerprint density at radius 2 is 1.90 bits per heavy atom. The van der Waals surface area contributed by atoms with E-state index in [0.29, 0.717) is 17.2 Å². The summed E-state index contributed by atoms with van der Waals surface area (Å²) in [6.07, 6.45) is 0. The summed E-state index contributed by atoms with van der Waals surface area (Å²) >= 11 is 3.44. The molecule has 2 rings (SSSR count). The third-order valence-electron chi connectivity index (χ3n) is 3.30. The van der Waals surface area contributed by atoms with E-state index in [9.17, 15) is 0 Å². The van der Waals surface area contributed by atoms with Crippen molar-refractivity contribution in [3.63, 3.8) is 0 Å². The Morgan fingerprint density at radius 3 is 2.48 bits per heavy atom. The smallest absolute Gasteiger partial charge is 0.141 e. The second kappa shape index (κ2) is 6.19. The van der Waals surface area contributed by atoms with Gasteiger partial charge in [0, 0.05) is 5.69 Å². The Hall–Kier alpha value is -1.99. The molecule has 0 spiro atoms. The lowest BCUT2D eigenvalue weighted by Crippen LogP contribution is -1.99. The first-order valence-corrected chi connectivity index (χ1v) is 7.49. The Labute approximate surface area is 133 Å². The molecule has 2 N–H and O–H groups in total. The van der Waals surface area contributed by atoms with Gasteiger partial charge in [0.15, 0.2) is 0 Å². The van der Waals surface area contributed by atoms with Crippen LogP contribution in [0.3, 0.4) is 0 Å². The second-order valence-corrected chi connectivity index (χ2v) is 6.11. The molecule has 0 bridgehead atoms.